The van der Waals surface area contributed by atoms with E-state index in [9.17, 15) is 4.79 Å². The molecule has 3 aromatic rings. The molecule has 0 bridgehead atoms. The van der Waals surface area contributed by atoms with Gasteiger partial charge in [0, 0.05) is 23.6 Å². The highest BCUT2D eigenvalue weighted by molar-refractivity contribution is 5.95. The van der Waals surface area contributed by atoms with Crippen molar-refractivity contribution in [3.05, 3.63) is 59.8 Å². The quantitative estimate of drug-likeness (QED) is 0.650. The summed E-state index contributed by atoms with van der Waals surface area (Å²) in [5.74, 6) is 2.16. The Bertz CT molecular complexity index is 1050. The maximum atomic E-state index is 13.3. The summed E-state index contributed by atoms with van der Waals surface area (Å²) in [7, 11) is 4.90. The van der Waals surface area contributed by atoms with Crippen LogP contribution in [-0.4, -0.2) is 43.7 Å². The molecule has 0 spiro atoms. The van der Waals surface area contributed by atoms with E-state index in [-0.39, 0.29) is 11.9 Å². The first-order valence-corrected chi connectivity index (χ1v) is 9.62. The molecule has 0 saturated carbocycles. The standard InChI is InChI=1S/C23H24N2O4/c1-27-16-8-11-19-15(13-16)6-10-20(24-19)23(26)25-12-4-5-21(25)18-9-7-17(28-2)14-22(18)29-3/h6-11,13-14,21H,4-5,12H2,1-3H3. The van der Waals surface area contributed by atoms with Crippen molar-refractivity contribution in [3.63, 3.8) is 0 Å². The lowest BCUT2D eigenvalue weighted by Gasteiger charge is -2.26. The van der Waals surface area contributed by atoms with Crippen LogP contribution in [0.4, 0.5) is 0 Å². The minimum Gasteiger partial charge on any atom is -0.497 e. The third-order valence-corrected chi connectivity index (χ3v) is 5.43. The van der Waals surface area contributed by atoms with Crippen molar-refractivity contribution in [2.75, 3.05) is 27.9 Å². The zero-order chi connectivity index (χ0) is 20.4. The first-order valence-electron chi connectivity index (χ1n) is 9.62. The van der Waals surface area contributed by atoms with E-state index < -0.39 is 0 Å². The van der Waals surface area contributed by atoms with E-state index >= 15 is 0 Å². The molecule has 0 N–H and O–H groups in total. The summed E-state index contributed by atoms with van der Waals surface area (Å²) in [6, 6.07) is 15.0. The van der Waals surface area contributed by atoms with E-state index in [1.165, 1.54) is 0 Å². The summed E-state index contributed by atoms with van der Waals surface area (Å²) in [6.07, 6.45) is 1.83. The lowest BCUT2D eigenvalue weighted by Crippen LogP contribution is -2.31. The molecule has 1 aromatic heterocycles. The molecule has 6 nitrogen and oxygen atoms in total. The average Bonchev–Trinajstić information content (AvgIpc) is 3.26. The van der Waals surface area contributed by atoms with Crippen LogP contribution < -0.4 is 14.2 Å². The van der Waals surface area contributed by atoms with E-state index in [0.717, 1.165) is 46.6 Å². The number of likely N-dealkylation sites (tertiary alicyclic amines) is 1. The van der Waals surface area contributed by atoms with Gasteiger partial charge < -0.3 is 19.1 Å². The Labute approximate surface area is 170 Å². The second kappa shape index (κ2) is 7.99. The molecule has 29 heavy (non-hydrogen) atoms. The summed E-state index contributed by atoms with van der Waals surface area (Å²) in [5, 5.41) is 0.940. The van der Waals surface area contributed by atoms with Crippen LogP contribution in [0.5, 0.6) is 17.2 Å². The molecule has 1 fully saturated rings. The van der Waals surface area contributed by atoms with Gasteiger partial charge in [-0.1, -0.05) is 6.07 Å². The lowest BCUT2D eigenvalue weighted by atomic mass is 10.0. The maximum Gasteiger partial charge on any atom is 0.272 e. The largest absolute Gasteiger partial charge is 0.497 e. The average molecular weight is 392 g/mol. The van der Waals surface area contributed by atoms with E-state index in [2.05, 4.69) is 4.98 Å². The van der Waals surface area contributed by atoms with Crippen molar-refractivity contribution in [2.24, 2.45) is 0 Å². The van der Waals surface area contributed by atoms with Gasteiger partial charge in [-0.3, -0.25) is 4.79 Å². The molecule has 1 aliphatic heterocycles. The van der Waals surface area contributed by atoms with Gasteiger partial charge in [0.15, 0.2) is 0 Å². The van der Waals surface area contributed by atoms with Crippen molar-refractivity contribution in [1.82, 2.24) is 9.88 Å². The molecule has 0 aliphatic carbocycles. The third-order valence-electron chi connectivity index (χ3n) is 5.43. The summed E-state index contributed by atoms with van der Waals surface area (Å²) in [6.45, 7) is 0.695. The number of methoxy groups -OCH3 is 3. The number of carbonyl (C=O) groups excluding carboxylic acids is 1. The smallest absolute Gasteiger partial charge is 0.272 e. The van der Waals surface area contributed by atoms with Gasteiger partial charge in [-0.05, 0) is 49.2 Å². The van der Waals surface area contributed by atoms with E-state index in [1.54, 1.807) is 27.4 Å². The molecule has 1 atom stereocenters. The van der Waals surface area contributed by atoms with Gasteiger partial charge >= 0.3 is 0 Å². The minimum absolute atomic E-state index is 0.0447. The maximum absolute atomic E-state index is 13.3. The SMILES string of the molecule is COc1ccc(C2CCCN2C(=O)c2ccc3cc(OC)ccc3n2)c(OC)c1. The van der Waals surface area contributed by atoms with Gasteiger partial charge in [0.1, 0.15) is 22.9 Å². The summed E-state index contributed by atoms with van der Waals surface area (Å²) in [4.78, 5) is 19.8. The fourth-order valence-electron chi connectivity index (χ4n) is 3.92. The predicted octanol–water partition coefficient (Wildman–Crippen LogP) is 4.24. The second-order valence-corrected chi connectivity index (χ2v) is 7.02. The van der Waals surface area contributed by atoms with Crippen LogP contribution in [0.25, 0.3) is 10.9 Å². The highest BCUT2D eigenvalue weighted by atomic mass is 16.5. The van der Waals surface area contributed by atoms with Crippen LogP contribution in [0.1, 0.15) is 34.9 Å². The molecule has 0 radical (unpaired) electrons. The Morgan fingerprint density at radius 1 is 0.966 bits per heavy atom. The molecular weight excluding hydrogens is 368 g/mol. The monoisotopic (exact) mass is 392 g/mol. The first kappa shape index (κ1) is 19.1. The molecule has 150 valence electrons. The van der Waals surface area contributed by atoms with Crippen LogP contribution in [-0.2, 0) is 0 Å². The number of amides is 1. The summed E-state index contributed by atoms with van der Waals surface area (Å²) < 4.78 is 16.1. The molecule has 4 rings (SSSR count). The van der Waals surface area contributed by atoms with Crippen LogP contribution >= 0.6 is 0 Å². The number of benzene rings is 2. The highest BCUT2D eigenvalue weighted by Crippen LogP contribution is 2.39. The Balaban J connectivity index is 1.65. The number of carbonyl (C=O) groups is 1. The number of rotatable bonds is 5. The van der Waals surface area contributed by atoms with Gasteiger partial charge in [-0.15, -0.1) is 0 Å². The highest BCUT2D eigenvalue weighted by Gasteiger charge is 2.33. The summed E-state index contributed by atoms with van der Waals surface area (Å²) >= 11 is 0. The fraction of sp³-hybridized carbons (Fsp3) is 0.304. The van der Waals surface area contributed by atoms with Crippen molar-refractivity contribution >= 4 is 16.8 Å². The van der Waals surface area contributed by atoms with Crippen molar-refractivity contribution in [3.8, 4) is 17.2 Å². The molecular formula is C23H24N2O4. The van der Waals surface area contributed by atoms with E-state index in [0.29, 0.717) is 12.2 Å². The number of hydrogen-bond donors (Lipinski definition) is 0. The predicted molar refractivity (Wildman–Crippen MR) is 111 cm³/mol. The molecule has 1 amide bonds. The van der Waals surface area contributed by atoms with Crippen molar-refractivity contribution in [2.45, 2.75) is 18.9 Å². The van der Waals surface area contributed by atoms with Crippen molar-refractivity contribution in [1.29, 1.82) is 0 Å². The van der Waals surface area contributed by atoms with Gasteiger partial charge in [-0.2, -0.15) is 0 Å². The second-order valence-electron chi connectivity index (χ2n) is 7.02. The first-order chi connectivity index (χ1) is 14.1. The van der Waals surface area contributed by atoms with Gasteiger partial charge in [-0.25, -0.2) is 4.98 Å². The van der Waals surface area contributed by atoms with Gasteiger partial charge in [0.05, 0.1) is 32.9 Å². The molecule has 1 unspecified atom stereocenters. The van der Waals surface area contributed by atoms with E-state index in [1.807, 2.05) is 47.4 Å². The zero-order valence-electron chi connectivity index (χ0n) is 16.8. The number of aromatic nitrogens is 1. The van der Waals surface area contributed by atoms with Crippen molar-refractivity contribution < 1.29 is 19.0 Å². The fourth-order valence-corrected chi connectivity index (χ4v) is 3.92. The van der Waals surface area contributed by atoms with E-state index in [4.69, 9.17) is 14.2 Å². The Morgan fingerprint density at radius 2 is 1.72 bits per heavy atom. The molecule has 2 aromatic carbocycles. The van der Waals surface area contributed by atoms with Gasteiger partial charge in [0.2, 0.25) is 0 Å². The number of nitrogens with zero attached hydrogens (tertiary/aromatic N) is 2. The summed E-state index contributed by atoms with van der Waals surface area (Å²) in [5.41, 5.74) is 2.21. The lowest BCUT2D eigenvalue weighted by molar-refractivity contribution is 0.0728. The number of hydrogen-bond acceptors (Lipinski definition) is 5. The molecule has 1 aliphatic rings. The number of fused-ring (bicyclic) bond motifs is 1. The Hall–Kier alpha value is -3.28. The Kier molecular flexibility index (Phi) is 5.25. The van der Waals surface area contributed by atoms with Crippen LogP contribution in [0.3, 0.4) is 0 Å². The van der Waals surface area contributed by atoms with Crippen LogP contribution in [0.15, 0.2) is 48.5 Å². The molecule has 1 saturated heterocycles. The topological polar surface area (TPSA) is 60.9 Å². The third kappa shape index (κ3) is 3.58. The minimum atomic E-state index is -0.0666. The zero-order valence-corrected chi connectivity index (χ0v) is 16.8. The number of pyridine rings is 1. The van der Waals surface area contributed by atoms with Crippen LogP contribution in [0, 0.1) is 0 Å². The van der Waals surface area contributed by atoms with Gasteiger partial charge in [0.25, 0.3) is 5.91 Å². The van der Waals surface area contributed by atoms with Crippen LogP contribution in [0.2, 0.25) is 0 Å². The number of ether oxygens (including phenoxy) is 3. The molecule has 6 heteroatoms. The normalized spacial score (nSPS) is 16.1. The Morgan fingerprint density at radius 3 is 2.48 bits per heavy atom. The molecule has 2 heterocycles.